The van der Waals surface area contributed by atoms with Gasteiger partial charge in [-0.2, -0.15) is 5.26 Å². The molecule has 0 heterocycles. The molecule has 14 heavy (non-hydrogen) atoms. The molecular formula is C11H11F2N. The zero-order valence-electron chi connectivity index (χ0n) is 8.36. The van der Waals surface area contributed by atoms with Crippen molar-refractivity contribution in [2.45, 2.75) is 26.2 Å². The molecule has 74 valence electrons. The fourth-order valence-corrected chi connectivity index (χ4v) is 1.29. The van der Waals surface area contributed by atoms with Gasteiger partial charge in [0, 0.05) is 5.56 Å². The molecule has 1 nitrogen and oxygen atoms in total. The van der Waals surface area contributed by atoms with Gasteiger partial charge in [-0.25, -0.2) is 8.78 Å². The van der Waals surface area contributed by atoms with E-state index in [4.69, 9.17) is 5.26 Å². The van der Waals surface area contributed by atoms with Gasteiger partial charge in [-0.3, -0.25) is 0 Å². The molecule has 0 unspecified atom stereocenters. The monoisotopic (exact) mass is 195 g/mol. The van der Waals surface area contributed by atoms with Crippen LogP contribution in [0.4, 0.5) is 8.78 Å². The van der Waals surface area contributed by atoms with Gasteiger partial charge < -0.3 is 0 Å². The molecule has 1 rings (SSSR count). The number of rotatable bonds is 1. The molecule has 0 aliphatic rings. The molecule has 0 fully saturated rings. The predicted molar refractivity (Wildman–Crippen MR) is 49.7 cm³/mol. The van der Waals surface area contributed by atoms with Gasteiger partial charge in [0.25, 0.3) is 0 Å². The van der Waals surface area contributed by atoms with Crippen LogP contribution < -0.4 is 0 Å². The summed E-state index contributed by atoms with van der Waals surface area (Å²) in [5.74, 6) is -1.30. The standard InChI is InChI=1S/C11H11F2N/c1-7-4-5-8(12)9(10(7)13)11(2,3)6-14/h4-5H,1-3H3. The lowest BCUT2D eigenvalue weighted by Crippen LogP contribution is -2.19. The molecule has 0 spiro atoms. The number of nitrogens with zero attached hydrogens (tertiary/aromatic N) is 1. The highest BCUT2D eigenvalue weighted by atomic mass is 19.1. The van der Waals surface area contributed by atoms with Crippen LogP contribution in [0.1, 0.15) is 25.0 Å². The molecule has 0 atom stereocenters. The minimum atomic E-state index is -1.14. The Morgan fingerprint density at radius 1 is 1.29 bits per heavy atom. The molecule has 3 heteroatoms. The Morgan fingerprint density at radius 2 is 1.86 bits per heavy atom. The normalized spacial score (nSPS) is 11.1. The lowest BCUT2D eigenvalue weighted by atomic mass is 9.84. The number of halogens is 2. The van der Waals surface area contributed by atoms with Crippen molar-refractivity contribution in [3.8, 4) is 6.07 Å². The van der Waals surface area contributed by atoms with Crippen LogP contribution in [-0.2, 0) is 5.41 Å². The highest BCUT2D eigenvalue weighted by molar-refractivity contribution is 5.36. The van der Waals surface area contributed by atoms with Gasteiger partial charge in [-0.1, -0.05) is 6.07 Å². The van der Waals surface area contributed by atoms with Crippen molar-refractivity contribution in [2.75, 3.05) is 0 Å². The molecule has 0 amide bonds. The van der Waals surface area contributed by atoms with Crippen LogP contribution in [0.15, 0.2) is 12.1 Å². The first-order chi connectivity index (χ1) is 6.40. The van der Waals surface area contributed by atoms with Crippen molar-refractivity contribution < 1.29 is 8.78 Å². The second-order valence-electron chi connectivity index (χ2n) is 3.79. The van der Waals surface area contributed by atoms with Gasteiger partial charge in [0.2, 0.25) is 0 Å². The van der Waals surface area contributed by atoms with Crippen LogP contribution in [0.3, 0.4) is 0 Å². The van der Waals surface area contributed by atoms with E-state index >= 15 is 0 Å². The maximum absolute atomic E-state index is 13.6. The number of hydrogen-bond donors (Lipinski definition) is 0. The topological polar surface area (TPSA) is 23.8 Å². The largest absolute Gasteiger partial charge is 0.207 e. The predicted octanol–water partition coefficient (Wildman–Crippen LogP) is 3.07. The fraction of sp³-hybridized carbons (Fsp3) is 0.364. The highest BCUT2D eigenvalue weighted by Crippen LogP contribution is 2.29. The van der Waals surface area contributed by atoms with E-state index < -0.39 is 17.0 Å². The minimum Gasteiger partial charge on any atom is -0.207 e. The summed E-state index contributed by atoms with van der Waals surface area (Å²) in [4.78, 5) is 0. The summed E-state index contributed by atoms with van der Waals surface area (Å²) < 4.78 is 26.9. The summed E-state index contributed by atoms with van der Waals surface area (Å²) in [7, 11) is 0. The van der Waals surface area contributed by atoms with Gasteiger partial charge >= 0.3 is 0 Å². The fourth-order valence-electron chi connectivity index (χ4n) is 1.29. The molecule has 0 aliphatic heterocycles. The van der Waals surface area contributed by atoms with Crippen LogP contribution in [0, 0.1) is 29.9 Å². The third-order valence-electron chi connectivity index (χ3n) is 2.19. The Balaban J connectivity index is 3.49. The van der Waals surface area contributed by atoms with Crippen molar-refractivity contribution in [3.05, 3.63) is 34.9 Å². The molecular weight excluding hydrogens is 184 g/mol. The van der Waals surface area contributed by atoms with Crippen LogP contribution in [0.5, 0.6) is 0 Å². The van der Waals surface area contributed by atoms with Gasteiger partial charge in [0.15, 0.2) is 0 Å². The van der Waals surface area contributed by atoms with Gasteiger partial charge in [0.1, 0.15) is 11.6 Å². The van der Waals surface area contributed by atoms with Crippen LogP contribution in [-0.4, -0.2) is 0 Å². The zero-order valence-corrected chi connectivity index (χ0v) is 8.36. The van der Waals surface area contributed by atoms with E-state index in [9.17, 15) is 8.78 Å². The summed E-state index contributed by atoms with van der Waals surface area (Å²) in [6.45, 7) is 4.54. The molecule has 0 bridgehead atoms. The lowest BCUT2D eigenvalue weighted by Gasteiger charge is -2.18. The first-order valence-electron chi connectivity index (χ1n) is 4.26. The van der Waals surface area contributed by atoms with Crippen molar-refractivity contribution in [1.82, 2.24) is 0 Å². The summed E-state index contributed by atoms with van der Waals surface area (Å²) in [6.07, 6.45) is 0. The number of aryl methyl sites for hydroxylation is 1. The Morgan fingerprint density at radius 3 is 2.36 bits per heavy atom. The molecule has 0 N–H and O–H groups in total. The average Bonchev–Trinajstić information content (AvgIpc) is 2.12. The molecule has 0 radical (unpaired) electrons. The molecule has 0 saturated carbocycles. The number of hydrogen-bond acceptors (Lipinski definition) is 1. The SMILES string of the molecule is Cc1ccc(F)c(C(C)(C)C#N)c1F. The van der Waals surface area contributed by atoms with E-state index in [2.05, 4.69) is 0 Å². The van der Waals surface area contributed by atoms with Crippen molar-refractivity contribution in [1.29, 1.82) is 5.26 Å². The lowest BCUT2D eigenvalue weighted by molar-refractivity contribution is 0.505. The average molecular weight is 195 g/mol. The Labute approximate surface area is 82.0 Å². The highest BCUT2D eigenvalue weighted by Gasteiger charge is 2.28. The van der Waals surface area contributed by atoms with Crippen LogP contribution in [0.25, 0.3) is 0 Å². The Bertz CT molecular complexity index is 402. The minimum absolute atomic E-state index is 0.153. The second kappa shape index (κ2) is 3.38. The smallest absolute Gasteiger partial charge is 0.133 e. The molecule has 0 aliphatic carbocycles. The Hall–Kier alpha value is -1.43. The van der Waals surface area contributed by atoms with E-state index in [-0.39, 0.29) is 5.56 Å². The summed E-state index contributed by atoms with van der Waals surface area (Å²) in [6, 6.07) is 4.44. The van der Waals surface area contributed by atoms with Crippen molar-refractivity contribution in [3.63, 3.8) is 0 Å². The van der Waals surface area contributed by atoms with Crippen molar-refractivity contribution >= 4 is 0 Å². The van der Waals surface area contributed by atoms with E-state index in [1.165, 1.54) is 26.0 Å². The van der Waals surface area contributed by atoms with Crippen LogP contribution in [0.2, 0.25) is 0 Å². The van der Waals surface area contributed by atoms with E-state index in [0.717, 1.165) is 0 Å². The Kier molecular flexibility index (Phi) is 2.57. The van der Waals surface area contributed by atoms with E-state index in [1.807, 2.05) is 6.07 Å². The molecule has 0 aromatic heterocycles. The summed E-state index contributed by atoms with van der Waals surface area (Å²) >= 11 is 0. The number of benzene rings is 1. The third-order valence-corrected chi connectivity index (χ3v) is 2.19. The first-order valence-corrected chi connectivity index (χ1v) is 4.26. The van der Waals surface area contributed by atoms with E-state index in [0.29, 0.717) is 5.56 Å². The maximum Gasteiger partial charge on any atom is 0.133 e. The van der Waals surface area contributed by atoms with Gasteiger partial charge in [0.05, 0.1) is 11.5 Å². The summed E-state index contributed by atoms with van der Waals surface area (Å²) in [5, 5.41) is 8.80. The zero-order chi connectivity index (χ0) is 10.9. The van der Waals surface area contributed by atoms with Crippen molar-refractivity contribution in [2.24, 2.45) is 0 Å². The van der Waals surface area contributed by atoms with Gasteiger partial charge in [-0.05, 0) is 32.4 Å². The van der Waals surface area contributed by atoms with Gasteiger partial charge in [-0.15, -0.1) is 0 Å². The molecule has 1 aromatic carbocycles. The van der Waals surface area contributed by atoms with Crippen LogP contribution >= 0.6 is 0 Å². The second-order valence-corrected chi connectivity index (χ2v) is 3.79. The molecule has 1 aromatic rings. The maximum atomic E-state index is 13.6. The van der Waals surface area contributed by atoms with E-state index in [1.54, 1.807) is 6.92 Å². The molecule has 0 saturated heterocycles. The quantitative estimate of drug-likeness (QED) is 0.675. The first kappa shape index (κ1) is 10.6. The number of nitriles is 1. The summed E-state index contributed by atoms with van der Waals surface area (Å²) in [5.41, 5.74) is -0.940. The third kappa shape index (κ3) is 1.60.